The smallest absolute Gasteiger partial charge is 0.314 e. The SMILES string of the molecule is CCCCCCCCNC(=O)NC[C@@H]1CC(=O)[C@H](NC(=O)[C@@H](CC(C)C)NC)[C@H](O)c2ccc(c(Cl)c2)Oc2cc3cc(c2OC2OC(CO)C(O)C(O)C2O)Oc2ccc(cc2Cl)[C@@H](O)[C@@H]2NC(=O)[C@H](CC(=O)[C@@H]3NC1=O)c1ccc(O)c(c1)-c1c(O)cc(O)cc1[C@@H](C(=O)CC1C3CC4CC(C3)CC1C4)NC2=O. The molecule has 16 N–H and O–H groups in total. The molecule has 15 rings (SSSR count). The van der Waals surface area contributed by atoms with Crippen LogP contribution in [-0.4, -0.2) is 169 Å². The Balaban J connectivity index is 1.04. The maximum Gasteiger partial charge on any atom is 0.314 e. The second-order valence-electron chi connectivity index (χ2n) is 30.9. The van der Waals surface area contributed by atoms with Crippen LogP contribution in [0.5, 0.6) is 46.0 Å². The van der Waals surface area contributed by atoms with Gasteiger partial charge in [0.25, 0.3) is 0 Å². The number of amides is 6. The van der Waals surface area contributed by atoms with Crippen molar-refractivity contribution in [2.24, 2.45) is 41.4 Å². The van der Waals surface area contributed by atoms with Crippen molar-refractivity contribution in [1.82, 2.24) is 37.2 Å². The minimum Gasteiger partial charge on any atom is -0.508 e. The number of Topliss-reactive ketones (excluding diaryl/α,β-unsaturated/α-hetero) is 3. The van der Waals surface area contributed by atoms with E-state index in [1.807, 2.05) is 13.8 Å². The third kappa shape index (κ3) is 17.8. The van der Waals surface area contributed by atoms with Gasteiger partial charge >= 0.3 is 6.03 Å². The fourth-order valence-corrected chi connectivity index (χ4v) is 17.6. The minimum atomic E-state index is -2.12. The lowest BCUT2D eigenvalue weighted by Gasteiger charge is -2.54. The molecule has 0 radical (unpaired) electrons. The number of hydrogen-bond donors (Lipinski definition) is 16. The third-order valence-electron chi connectivity index (χ3n) is 22.8. The number of carbonyl (C=O) groups is 8. The molecule has 10 aliphatic rings. The van der Waals surface area contributed by atoms with Crippen molar-refractivity contribution in [3.05, 3.63) is 117 Å². The zero-order valence-corrected chi connectivity index (χ0v) is 63.0. The highest BCUT2D eigenvalue weighted by atomic mass is 35.5. The van der Waals surface area contributed by atoms with Crippen LogP contribution < -0.4 is 51.4 Å². The van der Waals surface area contributed by atoms with Crippen molar-refractivity contribution in [2.75, 3.05) is 26.7 Å². The molecule has 28 nitrogen and oxygen atoms in total. The molecule has 592 valence electrons. The number of benzene rings is 5. The minimum absolute atomic E-state index is 0.0497. The average molecular weight is 1560 g/mol. The first-order valence-corrected chi connectivity index (χ1v) is 38.7. The molecule has 4 saturated carbocycles. The van der Waals surface area contributed by atoms with Gasteiger partial charge in [0.2, 0.25) is 35.7 Å². The summed E-state index contributed by atoms with van der Waals surface area (Å²) in [5, 5.41) is 124. The van der Waals surface area contributed by atoms with E-state index in [0.717, 1.165) is 94.5 Å². The highest BCUT2D eigenvalue weighted by molar-refractivity contribution is 6.32. The van der Waals surface area contributed by atoms with E-state index in [4.69, 9.17) is 42.1 Å². The van der Waals surface area contributed by atoms with Gasteiger partial charge in [0.05, 0.1) is 34.5 Å². The van der Waals surface area contributed by atoms with Gasteiger partial charge < -0.3 is 102 Å². The van der Waals surface area contributed by atoms with Crippen molar-refractivity contribution in [2.45, 2.75) is 196 Å². The Hall–Kier alpha value is -8.68. The molecule has 6 heterocycles. The highest BCUT2D eigenvalue weighted by Gasteiger charge is 2.51. The summed E-state index contributed by atoms with van der Waals surface area (Å²) in [7, 11) is 1.53. The lowest BCUT2D eigenvalue weighted by Crippen LogP contribution is -2.60. The number of nitrogens with one attached hydrogen (secondary N) is 7. The van der Waals surface area contributed by atoms with E-state index in [2.05, 4.69) is 44.1 Å². The van der Waals surface area contributed by atoms with Gasteiger partial charge in [-0.15, -0.1) is 0 Å². The van der Waals surface area contributed by atoms with Gasteiger partial charge in [-0.2, -0.15) is 0 Å². The number of aromatic hydroxyl groups is 3. The fraction of sp³-hybridized carbons (Fsp3) is 0.525. The van der Waals surface area contributed by atoms with E-state index in [-0.39, 0.29) is 104 Å². The quantitative estimate of drug-likeness (QED) is 0.0334. The van der Waals surface area contributed by atoms with Crippen LogP contribution in [-0.2, 0) is 38.3 Å². The Morgan fingerprint density at radius 3 is 1.91 bits per heavy atom. The Bertz CT molecular complexity index is 4270. The molecule has 15 bridgehead atoms. The summed E-state index contributed by atoms with van der Waals surface area (Å²) in [6, 6.07) is 6.11. The molecule has 5 unspecified atom stereocenters. The summed E-state index contributed by atoms with van der Waals surface area (Å²) in [5.41, 5.74) is -1.31. The number of phenolic OH excluding ortho intramolecular Hbond substituents is 3. The summed E-state index contributed by atoms with van der Waals surface area (Å²) in [6.45, 7) is 4.48. The van der Waals surface area contributed by atoms with E-state index in [1.54, 1.807) is 0 Å². The number of phenols is 3. The summed E-state index contributed by atoms with van der Waals surface area (Å²) in [6.07, 6.45) is -5.14. The molecule has 6 aliphatic heterocycles. The molecule has 4 aliphatic carbocycles. The maximum atomic E-state index is 16.5. The van der Waals surface area contributed by atoms with Gasteiger partial charge in [-0.3, -0.25) is 33.6 Å². The number of likely N-dealkylation sites (N-methyl/N-ethyl adjacent to an activating group) is 1. The van der Waals surface area contributed by atoms with Crippen LogP contribution in [0.25, 0.3) is 11.1 Å². The zero-order valence-electron chi connectivity index (χ0n) is 61.5. The first kappa shape index (κ1) is 80.8. The predicted molar refractivity (Wildman–Crippen MR) is 399 cm³/mol. The number of hydrogen-bond acceptors (Lipinski definition) is 22. The molecular weight excluding hydrogens is 1470 g/mol. The normalized spacial score (nSPS) is 28.9. The van der Waals surface area contributed by atoms with Crippen LogP contribution in [0.4, 0.5) is 4.79 Å². The topological polar surface area (TPSA) is 440 Å². The highest BCUT2D eigenvalue weighted by Crippen LogP contribution is 2.58. The standard InChI is InChI=1S/C80H97Cl2N7O21/c1-5-6-7-8-9-10-17-84-80(106)85-34-45-27-56(94)67(88-77(104)53(83-4)18-36(2)3)69(97)40-12-15-59(51(81)25-40)107-61-28-44-29-62(74(61)110-79-73(101)72(100)71(99)63(35-90)109-79)108-60-16-13-41(26-52(60)82)70(98)68-78(105)87-66(58(96)32-47-42-20-37-19-38(22-42)23-43(47)21-37)50-30-46(91)31-55(93)64(50)49-24-39(11-14-54(49)92)48(76(103)89-68)33-57(95)65(44)86-75(45)102/h11-16,24-26,28-31,36-38,42-43,45,47-48,53,63,65-73,79,83,90-93,97-101H,5-10,17-23,27,32-35H2,1-4H3,(H,86,102)(H,87,105)(H,88,104)(H,89,103)(H2,84,85,106)/t37?,38?,42?,43?,45-,47?,48+,53+,63?,65+,66-,67-,68-,69+,70+,71?,72?,73?,79?/m0/s1. The number of aliphatic hydroxyl groups excluding tert-OH is 6. The number of carbonyl (C=O) groups excluding carboxylic acids is 8. The summed E-state index contributed by atoms with van der Waals surface area (Å²) in [5.74, 6) is -13.0. The largest absolute Gasteiger partial charge is 0.508 e. The fourth-order valence-electron chi connectivity index (χ4n) is 17.2. The monoisotopic (exact) mass is 1560 g/mol. The average Bonchev–Trinajstić information content (AvgIpc) is 0.757. The number of unbranched alkanes of at least 4 members (excludes halogenated alkanes) is 5. The molecule has 0 spiro atoms. The zero-order chi connectivity index (χ0) is 78.7. The predicted octanol–water partition coefficient (Wildman–Crippen LogP) is 7.58. The first-order valence-electron chi connectivity index (χ1n) is 37.9. The molecule has 0 aromatic heterocycles. The van der Waals surface area contributed by atoms with Crippen molar-refractivity contribution in [3.63, 3.8) is 0 Å². The number of halogens is 2. The lowest BCUT2D eigenvalue weighted by molar-refractivity contribution is -0.277. The number of ether oxygens (including phenoxy) is 4. The van der Waals surface area contributed by atoms with Crippen LogP contribution in [0, 0.1) is 41.4 Å². The molecule has 5 aromatic carbocycles. The second kappa shape index (κ2) is 34.9. The Kier molecular flexibility index (Phi) is 25.7. The number of ketones is 3. The van der Waals surface area contributed by atoms with Gasteiger partial charge in [0.1, 0.15) is 89.5 Å². The molecular formula is C80H97Cl2N7O21. The van der Waals surface area contributed by atoms with Crippen LogP contribution in [0.2, 0.25) is 10.0 Å². The second-order valence-corrected chi connectivity index (χ2v) is 31.7. The number of urea groups is 1. The molecule has 6 amide bonds. The first-order chi connectivity index (χ1) is 52.6. The van der Waals surface area contributed by atoms with Gasteiger partial charge in [0, 0.05) is 49.5 Å². The van der Waals surface area contributed by atoms with Crippen molar-refractivity contribution < 1.29 is 103 Å². The van der Waals surface area contributed by atoms with E-state index in [0.29, 0.717) is 18.3 Å². The maximum absolute atomic E-state index is 16.5. The third-order valence-corrected chi connectivity index (χ3v) is 23.4. The number of aliphatic hydroxyl groups is 6. The van der Waals surface area contributed by atoms with Crippen molar-refractivity contribution in [1.29, 1.82) is 0 Å². The Labute approximate surface area is 645 Å². The lowest BCUT2D eigenvalue weighted by atomic mass is 9.51. The van der Waals surface area contributed by atoms with Gasteiger partial charge in [-0.05, 0) is 170 Å². The van der Waals surface area contributed by atoms with E-state index >= 15 is 28.8 Å². The molecule has 110 heavy (non-hydrogen) atoms. The van der Waals surface area contributed by atoms with E-state index in [9.17, 15) is 55.5 Å². The molecule has 30 heteroatoms. The van der Waals surface area contributed by atoms with Gasteiger partial charge in [-0.25, -0.2) is 4.79 Å². The van der Waals surface area contributed by atoms with Gasteiger partial charge in [0.15, 0.2) is 28.8 Å². The summed E-state index contributed by atoms with van der Waals surface area (Å²) in [4.78, 5) is 123. The van der Waals surface area contributed by atoms with Crippen molar-refractivity contribution >= 4 is 70.2 Å². The van der Waals surface area contributed by atoms with Crippen LogP contribution >= 0.6 is 23.2 Å². The molecule has 5 fully saturated rings. The summed E-state index contributed by atoms with van der Waals surface area (Å²) < 4.78 is 25.6. The number of rotatable bonds is 20. The van der Waals surface area contributed by atoms with Crippen LogP contribution in [0.15, 0.2) is 78.9 Å². The van der Waals surface area contributed by atoms with Crippen LogP contribution in [0.3, 0.4) is 0 Å². The van der Waals surface area contributed by atoms with Crippen molar-refractivity contribution in [3.8, 4) is 57.1 Å². The molecule has 14 atom stereocenters. The molecule has 5 aromatic rings. The summed E-state index contributed by atoms with van der Waals surface area (Å²) >= 11 is 14.3. The van der Waals surface area contributed by atoms with E-state index in [1.165, 1.54) is 55.6 Å². The van der Waals surface area contributed by atoms with E-state index < -0.39 is 192 Å². The Morgan fingerprint density at radius 2 is 1.28 bits per heavy atom. The van der Waals surface area contributed by atoms with Crippen LogP contribution in [0.1, 0.15) is 175 Å². The number of fused-ring (bicyclic) bond motifs is 15. The van der Waals surface area contributed by atoms with Gasteiger partial charge in [-0.1, -0.05) is 94.3 Å². The molecule has 1 saturated heterocycles. The Morgan fingerprint density at radius 1 is 0.645 bits per heavy atom.